The van der Waals surface area contributed by atoms with Crippen LogP contribution in [-0.4, -0.2) is 0 Å². The molecule has 0 atom stereocenters. The second-order valence-electron chi connectivity index (χ2n) is 2.75. The molecular weight excluding hydrogens is 120 g/mol. The number of hydrogen-bond donors (Lipinski definition) is 0. The third-order valence-electron chi connectivity index (χ3n) is 2.07. The molecule has 0 aliphatic heterocycles. The standard InChI is InChI=1S/C10H10/c1-8-6-7-9-4-2-3-5-10(8)9/h2-4,6-7H,5H2,1H3. The van der Waals surface area contributed by atoms with Gasteiger partial charge in [0.1, 0.15) is 0 Å². The first-order chi connectivity index (χ1) is 4.88. The highest BCUT2D eigenvalue weighted by Gasteiger charge is 2.10. The fraction of sp³-hybridized carbons (Fsp3) is 0.200. The Morgan fingerprint density at radius 1 is 1.30 bits per heavy atom. The van der Waals surface area contributed by atoms with Gasteiger partial charge in [0.2, 0.25) is 0 Å². The lowest BCUT2D eigenvalue weighted by Crippen LogP contribution is -1.87. The van der Waals surface area contributed by atoms with Crippen molar-refractivity contribution in [1.29, 1.82) is 0 Å². The van der Waals surface area contributed by atoms with Crippen LogP contribution in [0.2, 0.25) is 0 Å². The van der Waals surface area contributed by atoms with Crippen LogP contribution in [0.1, 0.15) is 13.3 Å². The molecule has 0 aromatic heterocycles. The lowest BCUT2D eigenvalue weighted by Gasteiger charge is -2.05. The van der Waals surface area contributed by atoms with Gasteiger partial charge in [-0.3, -0.25) is 0 Å². The Kier molecular flexibility index (Phi) is 1.13. The SMILES string of the molecule is CC1=C2CC=CC=C2C=C1. The summed E-state index contributed by atoms with van der Waals surface area (Å²) >= 11 is 0. The first-order valence-corrected chi connectivity index (χ1v) is 3.63. The fourth-order valence-electron chi connectivity index (χ4n) is 1.44. The van der Waals surface area contributed by atoms with Crippen LogP contribution in [0, 0.1) is 0 Å². The van der Waals surface area contributed by atoms with E-state index in [2.05, 4.69) is 37.3 Å². The van der Waals surface area contributed by atoms with Gasteiger partial charge in [-0.15, -0.1) is 0 Å². The summed E-state index contributed by atoms with van der Waals surface area (Å²) in [6, 6.07) is 0. The molecule has 0 saturated carbocycles. The molecule has 0 saturated heterocycles. The van der Waals surface area contributed by atoms with Crippen LogP contribution in [0.3, 0.4) is 0 Å². The minimum Gasteiger partial charge on any atom is -0.0801 e. The molecule has 0 amide bonds. The summed E-state index contributed by atoms with van der Waals surface area (Å²) in [5.74, 6) is 0. The third-order valence-corrected chi connectivity index (χ3v) is 2.07. The molecule has 0 nitrogen and oxygen atoms in total. The Hall–Kier alpha value is -1.04. The topological polar surface area (TPSA) is 0 Å². The van der Waals surface area contributed by atoms with Crippen LogP contribution in [0.25, 0.3) is 0 Å². The highest BCUT2D eigenvalue weighted by atomic mass is 14.1. The highest BCUT2D eigenvalue weighted by Crippen LogP contribution is 2.29. The number of hydrogen-bond acceptors (Lipinski definition) is 0. The van der Waals surface area contributed by atoms with Crippen molar-refractivity contribution in [2.75, 3.05) is 0 Å². The van der Waals surface area contributed by atoms with E-state index in [1.807, 2.05) is 0 Å². The maximum absolute atomic E-state index is 2.20. The third kappa shape index (κ3) is 0.688. The van der Waals surface area contributed by atoms with E-state index in [0.717, 1.165) is 6.42 Å². The fourth-order valence-corrected chi connectivity index (χ4v) is 1.44. The predicted molar refractivity (Wildman–Crippen MR) is 43.7 cm³/mol. The minimum absolute atomic E-state index is 1.12. The Bertz CT molecular complexity index is 272. The molecule has 0 heterocycles. The molecule has 0 bridgehead atoms. The highest BCUT2D eigenvalue weighted by molar-refractivity contribution is 5.56. The number of rotatable bonds is 0. The van der Waals surface area contributed by atoms with E-state index in [1.54, 1.807) is 0 Å². The summed E-state index contributed by atoms with van der Waals surface area (Å²) in [5.41, 5.74) is 4.33. The van der Waals surface area contributed by atoms with Gasteiger partial charge < -0.3 is 0 Å². The Morgan fingerprint density at radius 2 is 2.20 bits per heavy atom. The molecule has 0 spiro atoms. The predicted octanol–water partition coefficient (Wildman–Crippen LogP) is 2.76. The minimum atomic E-state index is 1.12. The van der Waals surface area contributed by atoms with Crippen LogP contribution in [-0.2, 0) is 0 Å². The van der Waals surface area contributed by atoms with Crippen LogP contribution >= 0.6 is 0 Å². The molecule has 2 rings (SSSR count). The molecule has 0 unspecified atom stereocenters. The summed E-state index contributed by atoms with van der Waals surface area (Å²) in [5, 5.41) is 0. The van der Waals surface area contributed by atoms with Crippen molar-refractivity contribution in [2.45, 2.75) is 13.3 Å². The normalized spacial score (nSPS) is 21.5. The van der Waals surface area contributed by atoms with Crippen LogP contribution < -0.4 is 0 Å². The maximum Gasteiger partial charge on any atom is -0.00858 e. The van der Waals surface area contributed by atoms with Gasteiger partial charge in [-0.05, 0) is 30.1 Å². The summed E-state index contributed by atoms with van der Waals surface area (Å²) < 4.78 is 0. The van der Waals surface area contributed by atoms with Crippen molar-refractivity contribution in [3.05, 3.63) is 47.1 Å². The lowest BCUT2D eigenvalue weighted by molar-refractivity contribution is 1.20. The molecule has 2 aliphatic carbocycles. The van der Waals surface area contributed by atoms with Crippen LogP contribution in [0.5, 0.6) is 0 Å². The van der Waals surface area contributed by atoms with E-state index in [4.69, 9.17) is 0 Å². The zero-order valence-corrected chi connectivity index (χ0v) is 6.09. The van der Waals surface area contributed by atoms with Crippen molar-refractivity contribution in [3.63, 3.8) is 0 Å². The van der Waals surface area contributed by atoms with Crippen molar-refractivity contribution in [3.8, 4) is 0 Å². The van der Waals surface area contributed by atoms with Gasteiger partial charge in [0.05, 0.1) is 0 Å². The van der Waals surface area contributed by atoms with Crippen LogP contribution in [0.15, 0.2) is 47.1 Å². The van der Waals surface area contributed by atoms with E-state index in [0.29, 0.717) is 0 Å². The zero-order chi connectivity index (χ0) is 6.97. The quantitative estimate of drug-likeness (QED) is 0.473. The van der Waals surface area contributed by atoms with Gasteiger partial charge in [-0.1, -0.05) is 30.4 Å². The van der Waals surface area contributed by atoms with Gasteiger partial charge in [-0.25, -0.2) is 0 Å². The monoisotopic (exact) mass is 130 g/mol. The summed E-state index contributed by atoms with van der Waals surface area (Å²) in [6.07, 6.45) is 12.0. The molecule has 0 N–H and O–H groups in total. The first kappa shape index (κ1) is 5.72. The molecule has 10 heavy (non-hydrogen) atoms. The molecule has 0 radical (unpaired) electrons. The number of fused-ring (bicyclic) bond motifs is 1. The lowest BCUT2D eigenvalue weighted by atomic mass is 9.99. The van der Waals surface area contributed by atoms with Crippen molar-refractivity contribution < 1.29 is 0 Å². The van der Waals surface area contributed by atoms with Crippen molar-refractivity contribution in [1.82, 2.24) is 0 Å². The van der Waals surface area contributed by atoms with Gasteiger partial charge in [0.25, 0.3) is 0 Å². The zero-order valence-electron chi connectivity index (χ0n) is 6.09. The molecular formula is C10H10. The van der Waals surface area contributed by atoms with Gasteiger partial charge in [0, 0.05) is 0 Å². The van der Waals surface area contributed by atoms with E-state index >= 15 is 0 Å². The second kappa shape index (κ2) is 1.98. The molecule has 0 heteroatoms. The van der Waals surface area contributed by atoms with E-state index < -0.39 is 0 Å². The van der Waals surface area contributed by atoms with Gasteiger partial charge >= 0.3 is 0 Å². The Morgan fingerprint density at radius 3 is 3.00 bits per heavy atom. The van der Waals surface area contributed by atoms with E-state index in [-0.39, 0.29) is 0 Å². The molecule has 0 aromatic carbocycles. The molecule has 2 aliphatic rings. The van der Waals surface area contributed by atoms with Gasteiger partial charge in [0.15, 0.2) is 0 Å². The average molecular weight is 130 g/mol. The number of allylic oxidation sites excluding steroid dienone is 8. The molecule has 0 fully saturated rings. The van der Waals surface area contributed by atoms with Crippen LogP contribution in [0.4, 0.5) is 0 Å². The second-order valence-corrected chi connectivity index (χ2v) is 2.75. The van der Waals surface area contributed by atoms with E-state index in [9.17, 15) is 0 Å². The van der Waals surface area contributed by atoms with E-state index in [1.165, 1.54) is 16.7 Å². The van der Waals surface area contributed by atoms with Gasteiger partial charge in [-0.2, -0.15) is 0 Å². The Labute approximate surface area is 61.3 Å². The maximum atomic E-state index is 2.20. The Balaban J connectivity index is 2.50. The van der Waals surface area contributed by atoms with Crippen molar-refractivity contribution >= 4 is 0 Å². The summed E-state index contributed by atoms with van der Waals surface area (Å²) in [7, 11) is 0. The first-order valence-electron chi connectivity index (χ1n) is 3.63. The average Bonchev–Trinajstić information content (AvgIpc) is 2.34. The summed E-state index contributed by atoms with van der Waals surface area (Å²) in [6.45, 7) is 2.17. The molecule has 50 valence electrons. The smallest absolute Gasteiger partial charge is 0.00858 e. The largest absolute Gasteiger partial charge is 0.0801 e. The molecule has 0 aromatic rings. The van der Waals surface area contributed by atoms with Crippen molar-refractivity contribution in [2.24, 2.45) is 0 Å². The summed E-state index contributed by atoms with van der Waals surface area (Å²) in [4.78, 5) is 0.